The molecule has 0 aliphatic carbocycles. The van der Waals surface area contributed by atoms with Gasteiger partial charge in [-0.15, -0.1) is 0 Å². The fourth-order valence-electron chi connectivity index (χ4n) is 3.53. The largest absolute Gasteiger partial charge is 0.497 e. The lowest BCUT2D eigenvalue weighted by molar-refractivity contribution is -0.642. The molecule has 4 rings (SSSR count). The number of ether oxygens (including phenoxy) is 3. The molecule has 0 atom stereocenters. The first kappa shape index (κ1) is 15.5. The van der Waals surface area contributed by atoms with Crippen molar-refractivity contribution in [1.82, 2.24) is 0 Å². The maximum Gasteiger partial charge on any atom is 0.220 e. The van der Waals surface area contributed by atoms with Crippen LogP contribution in [0.1, 0.15) is 0 Å². The first-order valence-electron chi connectivity index (χ1n) is 8.11. The smallest absolute Gasteiger partial charge is 0.220 e. The molecule has 0 N–H and O–H groups in total. The molecule has 0 saturated carbocycles. The summed E-state index contributed by atoms with van der Waals surface area (Å²) >= 11 is 0. The van der Waals surface area contributed by atoms with Crippen LogP contribution >= 0.6 is 0 Å². The first-order chi connectivity index (χ1) is 12.2. The zero-order valence-electron chi connectivity index (χ0n) is 14.8. The summed E-state index contributed by atoms with van der Waals surface area (Å²) in [6, 6.07) is 14.5. The Bertz CT molecular complexity index is 1120. The van der Waals surface area contributed by atoms with Gasteiger partial charge in [-0.3, -0.25) is 0 Å². The average Bonchev–Trinajstić information content (AvgIpc) is 2.65. The molecule has 0 unspecified atom stereocenters. The minimum atomic E-state index is 0.734. The van der Waals surface area contributed by atoms with Crippen LogP contribution in [0.2, 0.25) is 0 Å². The van der Waals surface area contributed by atoms with Crippen molar-refractivity contribution in [2.75, 3.05) is 21.3 Å². The normalized spacial score (nSPS) is 11.2. The maximum absolute atomic E-state index is 5.50. The SMILES string of the molecule is COc1ccc2c(c1)c[n+](C)c1c3cc(OC)c(OC)cc3ccc21. The lowest BCUT2D eigenvalue weighted by Crippen LogP contribution is -2.28. The Morgan fingerprint density at radius 2 is 1.40 bits per heavy atom. The molecule has 0 aliphatic rings. The Labute approximate surface area is 146 Å². The molecular weight excluding hydrogens is 314 g/mol. The van der Waals surface area contributed by atoms with Crippen molar-refractivity contribution in [3.8, 4) is 17.2 Å². The number of hydrogen-bond donors (Lipinski definition) is 0. The number of aryl methyl sites for hydroxylation is 1. The van der Waals surface area contributed by atoms with E-state index in [2.05, 4.69) is 42.1 Å². The van der Waals surface area contributed by atoms with E-state index in [1.807, 2.05) is 18.2 Å². The molecule has 25 heavy (non-hydrogen) atoms. The number of benzene rings is 3. The summed E-state index contributed by atoms with van der Waals surface area (Å²) in [5, 5.41) is 5.80. The van der Waals surface area contributed by atoms with Gasteiger partial charge in [-0.05, 0) is 41.8 Å². The Morgan fingerprint density at radius 3 is 2.12 bits per heavy atom. The topological polar surface area (TPSA) is 31.6 Å². The van der Waals surface area contributed by atoms with Gasteiger partial charge in [0.2, 0.25) is 5.52 Å². The van der Waals surface area contributed by atoms with E-state index in [0.717, 1.165) is 38.9 Å². The standard InChI is InChI=1S/C21H20NO3/c1-22-12-14-9-15(23-2)6-8-16(14)17-7-5-13-10-19(24-3)20(25-4)11-18(13)21(17)22/h5-12H,1-4H3/q+1. The molecule has 3 aromatic carbocycles. The Hall–Kier alpha value is -3.01. The lowest BCUT2D eigenvalue weighted by Gasteiger charge is -2.11. The fourth-order valence-corrected chi connectivity index (χ4v) is 3.53. The van der Waals surface area contributed by atoms with E-state index in [9.17, 15) is 0 Å². The second-order valence-corrected chi connectivity index (χ2v) is 6.08. The molecule has 0 fully saturated rings. The van der Waals surface area contributed by atoms with Gasteiger partial charge in [0, 0.05) is 5.39 Å². The molecule has 0 radical (unpaired) electrons. The summed E-state index contributed by atoms with van der Waals surface area (Å²) in [6.45, 7) is 0. The quantitative estimate of drug-likeness (QED) is 0.419. The Kier molecular flexibility index (Phi) is 3.61. The third kappa shape index (κ3) is 2.33. The molecule has 4 aromatic rings. The molecule has 0 saturated heterocycles. The molecule has 0 aliphatic heterocycles. The van der Waals surface area contributed by atoms with Crippen molar-refractivity contribution >= 4 is 32.4 Å². The summed E-state index contributed by atoms with van der Waals surface area (Å²) in [5.41, 5.74) is 1.16. The van der Waals surface area contributed by atoms with Crippen LogP contribution in [0.25, 0.3) is 32.4 Å². The predicted octanol–water partition coefficient (Wildman–Crippen LogP) is 4.00. The van der Waals surface area contributed by atoms with Crippen molar-refractivity contribution in [2.45, 2.75) is 0 Å². The van der Waals surface area contributed by atoms with Crippen molar-refractivity contribution in [3.05, 3.63) is 48.7 Å². The summed E-state index contributed by atoms with van der Waals surface area (Å²) in [7, 11) is 7.08. The maximum atomic E-state index is 5.50. The van der Waals surface area contributed by atoms with Crippen LogP contribution in [0.5, 0.6) is 17.2 Å². The van der Waals surface area contributed by atoms with Crippen LogP contribution in [0.15, 0.2) is 48.7 Å². The van der Waals surface area contributed by atoms with Crippen molar-refractivity contribution in [1.29, 1.82) is 0 Å². The van der Waals surface area contributed by atoms with Crippen molar-refractivity contribution in [2.24, 2.45) is 7.05 Å². The monoisotopic (exact) mass is 334 g/mol. The fraction of sp³-hybridized carbons (Fsp3) is 0.190. The van der Waals surface area contributed by atoms with Gasteiger partial charge in [-0.25, -0.2) is 0 Å². The van der Waals surface area contributed by atoms with Gasteiger partial charge in [0.25, 0.3) is 0 Å². The first-order valence-corrected chi connectivity index (χ1v) is 8.11. The van der Waals surface area contributed by atoms with E-state index in [0.29, 0.717) is 0 Å². The van der Waals surface area contributed by atoms with Crippen LogP contribution in [0.3, 0.4) is 0 Å². The third-order valence-corrected chi connectivity index (χ3v) is 4.73. The summed E-state index contributed by atoms with van der Waals surface area (Å²) in [4.78, 5) is 0. The Morgan fingerprint density at radius 1 is 0.680 bits per heavy atom. The van der Waals surface area contributed by atoms with Crippen LogP contribution < -0.4 is 18.8 Å². The van der Waals surface area contributed by atoms with Gasteiger partial charge < -0.3 is 14.2 Å². The zero-order chi connectivity index (χ0) is 17.6. The number of pyridine rings is 1. The van der Waals surface area contributed by atoms with E-state index < -0.39 is 0 Å². The number of fused-ring (bicyclic) bond motifs is 5. The van der Waals surface area contributed by atoms with E-state index in [1.165, 1.54) is 10.8 Å². The van der Waals surface area contributed by atoms with Gasteiger partial charge in [-0.1, -0.05) is 6.07 Å². The molecule has 1 aromatic heterocycles. The summed E-state index contributed by atoms with van der Waals surface area (Å²) < 4.78 is 18.5. The average molecular weight is 334 g/mol. The highest BCUT2D eigenvalue weighted by Gasteiger charge is 2.17. The molecule has 126 valence electrons. The highest BCUT2D eigenvalue weighted by Crippen LogP contribution is 2.36. The second-order valence-electron chi connectivity index (χ2n) is 6.08. The van der Waals surface area contributed by atoms with Gasteiger partial charge in [0.1, 0.15) is 12.8 Å². The molecule has 1 heterocycles. The second kappa shape index (κ2) is 5.81. The molecule has 4 nitrogen and oxygen atoms in total. The van der Waals surface area contributed by atoms with Crippen LogP contribution in [-0.4, -0.2) is 21.3 Å². The number of rotatable bonds is 3. The van der Waals surface area contributed by atoms with Crippen molar-refractivity contribution < 1.29 is 18.8 Å². The predicted molar refractivity (Wildman–Crippen MR) is 99.8 cm³/mol. The molecule has 0 spiro atoms. The lowest BCUT2D eigenvalue weighted by atomic mass is 10.0. The number of hydrogen-bond acceptors (Lipinski definition) is 3. The van der Waals surface area contributed by atoms with Gasteiger partial charge >= 0.3 is 0 Å². The number of nitrogens with zero attached hydrogens (tertiary/aromatic N) is 1. The minimum Gasteiger partial charge on any atom is -0.497 e. The van der Waals surface area contributed by atoms with E-state index in [-0.39, 0.29) is 0 Å². The third-order valence-electron chi connectivity index (χ3n) is 4.73. The molecular formula is C21H20NO3+. The molecule has 0 amide bonds. The van der Waals surface area contributed by atoms with Gasteiger partial charge in [0.15, 0.2) is 17.7 Å². The van der Waals surface area contributed by atoms with Crippen LogP contribution in [0.4, 0.5) is 0 Å². The number of aromatic nitrogens is 1. The Balaban J connectivity index is 2.15. The molecule has 0 bridgehead atoms. The van der Waals surface area contributed by atoms with Crippen molar-refractivity contribution in [3.63, 3.8) is 0 Å². The van der Waals surface area contributed by atoms with Gasteiger partial charge in [0.05, 0.1) is 37.5 Å². The van der Waals surface area contributed by atoms with Crippen LogP contribution in [0, 0.1) is 0 Å². The number of methoxy groups -OCH3 is 3. The molecule has 4 heteroatoms. The summed E-state index contributed by atoms with van der Waals surface area (Å²) in [6.07, 6.45) is 2.14. The highest BCUT2D eigenvalue weighted by atomic mass is 16.5. The minimum absolute atomic E-state index is 0.734. The highest BCUT2D eigenvalue weighted by molar-refractivity contribution is 6.14. The van der Waals surface area contributed by atoms with E-state index in [1.54, 1.807) is 21.3 Å². The van der Waals surface area contributed by atoms with E-state index in [4.69, 9.17) is 14.2 Å². The van der Waals surface area contributed by atoms with Crippen LogP contribution in [-0.2, 0) is 7.05 Å². The van der Waals surface area contributed by atoms with Gasteiger partial charge in [-0.2, -0.15) is 4.57 Å². The van der Waals surface area contributed by atoms with E-state index >= 15 is 0 Å². The summed E-state index contributed by atoms with van der Waals surface area (Å²) in [5.74, 6) is 2.33. The zero-order valence-corrected chi connectivity index (χ0v) is 14.8.